The lowest BCUT2D eigenvalue weighted by molar-refractivity contribution is 0.125. The van der Waals surface area contributed by atoms with Crippen molar-refractivity contribution in [3.63, 3.8) is 0 Å². The Morgan fingerprint density at radius 2 is 2.33 bits per heavy atom. The van der Waals surface area contributed by atoms with Crippen molar-refractivity contribution >= 4 is 0 Å². The second kappa shape index (κ2) is 2.42. The summed E-state index contributed by atoms with van der Waals surface area (Å²) in [5.41, 5.74) is 1.37. The minimum Gasteiger partial charge on any atom is -0.497 e. The molecule has 1 rings (SSSR count). The smallest absolute Gasteiger partial charge is 0.104 e. The summed E-state index contributed by atoms with van der Waals surface area (Å²) >= 11 is 0. The second-order valence-corrected chi connectivity index (χ2v) is 3.09. The lowest BCUT2D eigenvalue weighted by Gasteiger charge is -2.13. The van der Waals surface area contributed by atoms with Gasteiger partial charge in [0.1, 0.15) is 6.10 Å². The molecule has 1 heteroatoms. The summed E-state index contributed by atoms with van der Waals surface area (Å²) in [5, 5.41) is 0. The van der Waals surface area contributed by atoms with Gasteiger partial charge in [0, 0.05) is 6.42 Å². The molecule has 0 bridgehead atoms. The van der Waals surface area contributed by atoms with Gasteiger partial charge >= 0.3 is 0 Å². The van der Waals surface area contributed by atoms with Crippen LogP contribution >= 0.6 is 0 Å². The molecule has 1 aliphatic heterocycles. The fourth-order valence-corrected chi connectivity index (χ4v) is 1.01. The van der Waals surface area contributed by atoms with Crippen molar-refractivity contribution in [2.45, 2.75) is 33.3 Å². The molecular weight excluding hydrogens is 112 g/mol. The van der Waals surface area contributed by atoms with Crippen LogP contribution < -0.4 is 0 Å². The third kappa shape index (κ3) is 1.47. The van der Waals surface area contributed by atoms with Gasteiger partial charge in [-0.25, -0.2) is 0 Å². The van der Waals surface area contributed by atoms with Gasteiger partial charge in [-0.3, -0.25) is 0 Å². The summed E-state index contributed by atoms with van der Waals surface area (Å²) in [4.78, 5) is 0. The Morgan fingerprint density at radius 3 is 2.56 bits per heavy atom. The molecule has 1 unspecified atom stereocenters. The zero-order valence-corrected chi connectivity index (χ0v) is 6.35. The predicted molar refractivity (Wildman–Crippen MR) is 38.1 cm³/mol. The van der Waals surface area contributed by atoms with Crippen LogP contribution in [0.25, 0.3) is 0 Å². The first-order valence-electron chi connectivity index (χ1n) is 3.51. The van der Waals surface area contributed by atoms with Crippen molar-refractivity contribution in [2.24, 2.45) is 5.92 Å². The van der Waals surface area contributed by atoms with Gasteiger partial charge in [0.2, 0.25) is 0 Å². The average Bonchev–Trinajstić information content (AvgIpc) is 2.14. The molecule has 0 aromatic carbocycles. The highest BCUT2D eigenvalue weighted by molar-refractivity contribution is 5.01. The molecule has 9 heavy (non-hydrogen) atoms. The molecule has 52 valence electrons. The molecule has 0 fully saturated rings. The van der Waals surface area contributed by atoms with Crippen LogP contribution in [0.2, 0.25) is 0 Å². The van der Waals surface area contributed by atoms with Crippen molar-refractivity contribution in [3.8, 4) is 0 Å². The highest BCUT2D eigenvalue weighted by Crippen LogP contribution is 2.22. The van der Waals surface area contributed by atoms with Crippen LogP contribution in [-0.2, 0) is 4.74 Å². The highest BCUT2D eigenvalue weighted by atomic mass is 16.5. The van der Waals surface area contributed by atoms with Gasteiger partial charge in [-0.1, -0.05) is 13.8 Å². The van der Waals surface area contributed by atoms with Crippen molar-refractivity contribution in [1.29, 1.82) is 0 Å². The van der Waals surface area contributed by atoms with Gasteiger partial charge in [-0.05, 0) is 18.4 Å². The maximum atomic E-state index is 5.36. The highest BCUT2D eigenvalue weighted by Gasteiger charge is 2.18. The molecule has 0 aliphatic carbocycles. The van der Waals surface area contributed by atoms with E-state index in [4.69, 9.17) is 4.74 Å². The fourth-order valence-electron chi connectivity index (χ4n) is 1.01. The van der Waals surface area contributed by atoms with E-state index < -0.39 is 0 Å². The first-order valence-corrected chi connectivity index (χ1v) is 3.51. The van der Waals surface area contributed by atoms with Crippen LogP contribution in [0.1, 0.15) is 27.2 Å². The molecule has 0 amide bonds. The Morgan fingerprint density at radius 1 is 1.67 bits per heavy atom. The van der Waals surface area contributed by atoms with Crippen LogP contribution in [0.4, 0.5) is 0 Å². The van der Waals surface area contributed by atoms with Gasteiger partial charge in [-0.2, -0.15) is 0 Å². The summed E-state index contributed by atoms with van der Waals surface area (Å²) < 4.78 is 5.36. The van der Waals surface area contributed by atoms with Gasteiger partial charge in [0.25, 0.3) is 0 Å². The van der Waals surface area contributed by atoms with E-state index in [0.29, 0.717) is 12.0 Å². The lowest BCUT2D eigenvalue weighted by Crippen LogP contribution is -2.12. The SMILES string of the molecule is CC1=COC(C(C)C)C1. The topological polar surface area (TPSA) is 9.23 Å². The zero-order valence-electron chi connectivity index (χ0n) is 6.35. The van der Waals surface area contributed by atoms with E-state index in [0.717, 1.165) is 6.42 Å². The van der Waals surface area contributed by atoms with E-state index in [1.807, 2.05) is 6.26 Å². The summed E-state index contributed by atoms with van der Waals surface area (Å²) in [7, 11) is 0. The van der Waals surface area contributed by atoms with Crippen molar-refractivity contribution < 1.29 is 4.74 Å². The summed E-state index contributed by atoms with van der Waals surface area (Å²) in [6.07, 6.45) is 3.45. The molecule has 0 aromatic heterocycles. The van der Waals surface area contributed by atoms with E-state index in [-0.39, 0.29) is 0 Å². The Kier molecular flexibility index (Phi) is 1.79. The standard InChI is InChI=1S/C8H14O/c1-6(2)8-4-7(3)5-9-8/h5-6,8H,4H2,1-3H3. The number of hydrogen-bond acceptors (Lipinski definition) is 1. The molecular formula is C8H14O. The fraction of sp³-hybridized carbons (Fsp3) is 0.750. The monoisotopic (exact) mass is 126 g/mol. The third-order valence-electron chi connectivity index (χ3n) is 1.71. The number of rotatable bonds is 1. The maximum Gasteiger partial charge on any atom is 0.104 e. The number of ether oxygens (including phenoxy) is 1. The van der Waals surface area contributed by atoms with Gasteiger partial charge in [0.05, 0.1) is 6.26 Å². The first kappa shape index (κ1) is 6.66. The molecule has 0 saturated heterocycles. The van der Waals surface area contributed by atoms with Gasteiger partial charge in [0.15, 0.2) is 0 Å². The molecule has 1 heterocycles. The molecule has 1 nitrogen and oxygen atoms in total. The van der Waals surface area contributed by atoms with E-state index in [2.05, 4.69) is 20.8 Å². The van der Waals surface area contributed by atoms with Crippen LogP contribution in [0.15, 0.2) is 11.8 Å². The lowest BCUT2D eigenvalue weighted by atomic mass is 10.0. The van der Waals surface area contributed by atoms with Crippen LogP contribution in [0.5, 0.6) is 0 Å². The minimum atomic E-state index is 0.449. The zero-order chi connectivity index (χ0) is 6.85. The Bertz CT molecular complexity index is 125. The van der Waals surface area contributed by atoms with Crippen molar-refractivity contribution in [2.75, 3.05) is 0 Å². The largest absolute Gasteiger partial charge is 0.497 e. The normalized spacial score (nSPS) is 26.2. The third-order valence-corrected chi connectivity index (χ3v) is 1.71. The summed E-state index contributed by atoms with van der Waals surface area (Å²) in [5.74, 6) is 0.652. The van der Waals surface area contributed by atoms with Gasteiger partial charge in [-0.15, -0.1) is 0 Å². The van der Waals surface area contributed by atoms with Crippen LogP contribution in [-0.4, -0.2) is 6.10 Å². The van der Waals surface area contributed by atoms with Crippen LogP contribution in [0, 0.1) is 5.92 Å². The molecule has 0 saturated carbocycles. The Balaban J connectivity index is 2.37. The summed E-state index contributed by atoms with van der Waals surface area (Å²) in [6, 6.07) is 0. The molecule has 0 aromatic rings. The van der Waals surface area contributed by atoms with Crippen molar-refractivity contribution in [1.82, 2.24) is 0 Å². The van der Waals surface area contributed by atoms with Gasteiger partial charge < -0.3 is 4.74 Å². The summed E-state index contributed by atoms with van der Waals surface area (Å²) in [6.45, 7) is 6.50. The molecule has 0 radical (unpaired) electrons. The van der Waals surface area contributed by atoms with Crippen LogP contribution in [0.3, 0.4) is 0 Å². The Labute approximate surface area is 56.7 Å². The van der Waals surface area contributed by atoms with E-state index in [1.165, 1.54) is 5.57 Å². The molecule has 0 N–H and O–H groups in total. The average molecular weight is 126 g/mol. The molecule has 1 atom stereocenters. The number of hydrogen-bond donors (Lipinski definition) is 0. The Hall–Kier alpha value is -0.460. The minimum absolute atomic E-state index is 0.449. The second-order valence-electron chi connectivity index (χ2n) is 3.09. The van der Waals surface area contributed by atoms with E-state index in [1.54, 1.807) is 0 Å². The maximum absolute atomic E-state index is 5.36. The van der Waals surface area contributed by atoms with Crippen molar-refractivity contribution in [3.05, 3.63) is 11.8 Å². The molecule has 1 aliphatic rings. The predicted octanol–water partition coefficient (Wildman–Crippen LogP) is 2.34. The quantitative estimate of drug-likeness (QED) is 0.524. The van der Waals surface area contributed by atoms with E-state index >= 15 is 0 Å². The van der Waals surface area contributed by atoms with E-state index in [9.17, 15) is 0 Å². The molecule has 0 spiro atoms. The first-order chi connectivity index (χ1) is 4.20.